The molecule has 4 aromatic carbocycles. The second kappa shape index (κ2) is 9.44. The Morgan fingerprint density at radius 3 is 2.12 bits per heavy atom. The highest BCUT2D eigenvalue weighted by Crippen LogP contribution is 2.32. The first-order valence-electron chi connectivity index (χ1n) is 11.0. The minimum absolute atomic E-state index is 0.469. The zero-order valence-electron chi connectivity index (χ0n) is 17.9. The molecule has 3 heteroatoms. The smallest absolute Gasteiger partial charge is 0.0894 e. The van der Waals surface area contributed by atoms with Crippen molar-refractivity contribution in [2.45, 2.75) is 18.9 Å². The van der Waals surface area contributed by atoms with Crippen molar-refractivity contribution in [2.24, 2.45) is 0 Å². The van der Waals surface area contributed by atoms with Gasteiger partial charge in [-0.2, -0.15) is 0 Å². The molecule has 0 saturated carbocycles. The maximum absolute atomic E-state index is 4.58. The normalized spacial score (nSPS) is 14.6. The molecular formula is C29H25N3. The number of para-hydroxylation sites is 3. The summed E-state index contributed by atoms with van der Waals surface area (Å²) in [6, 6.07) is 37.7. The predicted molar refractivity (Wildman–Crippen MR) is 133 cm³/mol. The lowest BCUT2D eigenvalue weighted by Gasteiger charge is -2.27. The summed E-state index contributed by atoms with van der Waals surface area (Å²) in [5.74, 6) is 0. The number of aromatic nitrogens is 2. The van der Waals surface area contributed by atoms with E-state index in [0.29, 0.717) is 6.04 Å². The minimum Gasteiger partial charge on any atom is -0.378 e. The third-order valence-corrected chi connectivity index (χ3v) is 5.77. The fourth-order valence-corrected chi connectivity index (χ4v) is 4.08. The summed E-state index contributed by atoms with van der Waals surface area (Å²) >= 11 is 0. The molecule has 156 valence electrons. The number of rotatable bonds is 2. The van der Waals surface area contributed by atoms with E-state index in [9.17, 15) is 0 Å². The van der Waals surface area contributed by atoms with Crippen molar-refractivity contribution in [1.29, 1.82) is 0 Å². The Labute approximate surface area is 188 Å². The van der Waals surface area contributed by atoms with E-state index in [1.165, 1.54) is 29.7 Å². The van der Waals surface area contributed by atoms with Crippen molar-refractivity contribution < 1.29 is 0 Å². The molecule has 0 spiro atoms. The van der Waals surface area contributed by atoms with Crippen LogP contribution in [0.25, 0.3) is 22.3 Å². The molecule has 1 aliphatic rings. The Morgan fingerprint density at radius 1 is 0.656 bits per heavy atom. The molecular weight excluding hydrogens is 390 g/mol. The number of benzene rings is 4. The molecule has 2 heterocycles. The lowest BCUT2D eigenvalue weighted by atomic mass is 9.94. The molecule has 0 radical (unpaired) electrons. The van der Waals surface area contributed by atoms with Crippen LogP contribution in [0.3, 0.4) is 0 Å². The average Bonchev–Trinajstić information content (AvgIpc) is 2.89. The van der Waals surface area contributed by atoms with Gasteiger partial charge in [0, 0.05) is 11.3 Å². The molecule has 0 saturated heterocycles. The van der Waals surface area contributed by atoms with Crippen LogP contribution >= 0.6 is 0 Å². The fraction of sp³-hybridized carbons (Fsp3) is 0.103. The van der Waals surface area contributed by atoms with E-state index in [-0.39, 0.29) is 0 Å². The van der Waals surface area contributed by atoms with Crippen LogP contribution in [0, 0.1) is 0 Å². The van der Waals surface area contributed by atoms with E-state index in [4.69, 9.17) is 0 Å². The number of anilines is 1. The number of nitrogens with one attached hydrogen (secondary N) is 1. The molecule has 32 heavy (non-hydrogen) atoms. The van der Waals surface area contributed by atoms with Crippen LogP contribution < -0.4 is 5.32 Å². The SMILES string of the molecule is c1ccc(-c2cnc3ccccc3n2)cc1.c1ccc([C@@H]2CCc3ccccc3N2)cc1. The summed E-state index contributed by atoms with van der Waals surface area (Å²) in [6.07, 6.45) is 4.17. The molecule has 0 amide bonds. The zero-order valence-corrected chi connectivity index (χ0v) is 17.9. The first-order valence-corrected chi connectivity index (χ1v) is 11.0. The molecule has 0 aliphatic carbocycles. The Morgan fingerprint density at radius 2 is 1.31 bits per heavy atom. The van der Waals surface area contributed by atoms with Gasteiger partial charge in [-0.25, -0.2) is 4.98 Å². The van der Waals surface area contributed by atoms with Gasteiger partial charge in [0.1, 0.15) is 0 Å². The number of fused-ring (bicyclic) bond motifs is 2. The highest BCUT2D eigenvalue weighted by Gasteiger charge is 2.17. The standard InChI is InChI=1S/C15H15N.C14H10N2/c1-2-6-12(7-3-1)15-11-10-13-8-4-5-9-14(13)16-15;1-2-6-11(7-3-1)14-10-15-12-8-4-5-9-13(12)16-14/h1-9,15-16H,10-11H2;1-10H/t15-;/m0./s1. The molecule has 1 N–H and O–H groups in total. The lowest BCUT2D eigenvalue weighted by Crippen LogP contribution is -2.17. The van der Waals surface area contributed by atoms with Crippen LogP contribution in [0.15, 0.2) is 115 Å². The monoisotopic (exact) mass is 415 g/mol. The molecule has 1 aliphatic heterocycles. The molecule has 0 fully saturated rings. The Hall–Kier alpha value is -3.98. The molecule has 0 unspecified atom stereocenters. The topological polar surface area (TPSA) is 37.8 Å². The lowest BCUT2D eigenvalue weighted by molar-refractivity contribution is 0.668. The maximum atomic E-state index is 4.58. The predicted octanol–water partition coefficient (Wildman–Crippen LogP) is 7.08. The van der Waals surface area contributed by atoms with Gasteiger partial charge in [0.05, 0.1) is 29.0 Å². The largest absolute Gasteiger partial charge is 0.378 e. The van der Waals surface area contributed by atoms with E-state index in [0.717, 1.165) is 22.3 Å². The van der Waals surface area contributed by atoms with Crippen LogP contribution in [0.2, 0.25) is 0 Å². The van der Waals surface area contributed by atoms with Crippen molar-refractivity contribution in [3.63, 3.8) is 0 Å². The Balaban J connectivity index is 0.000000135. The number of hydrogen-bond donors (Lipinski definition) is 1. The van der Waals surface area contributed by atoms with Gasteiger partial charge >= 0.3 is 0 Å². The van der Waals surface area contributed by atoms with Crippen molar-refractivity contribution >= 4 is 16.7 Å². The summed E-state index contributed by atoms with van der Waals surface area (Å²) < 4.78 is 0. The Bertz CT molecular complexity index is 1300. The summed E-state index contributed by atoms with van der Waals surface area (Å²) in [7, 11) is 0. The number of nitrogens with zero attached hydrogens (tertiary/aromatic N) is 2. The Kier molecular flexibility index (Phi) is 5.89. The van der Waals surface area contributed by atoms with Crippen LogP contribution in [-0.2, 0) is 6.42 Å². The second-order valence-electron chi connectivity index (χ2n) is 7.91. The van der Waals surface area contributed by atoms with Crippen LogP contribution in [0.1, 0.15) is 23.6 Å². The van der Waals surface area contributed by atoms with E-state index >= 15 is 0 Å². The van der Waals surface area contributed by atoms with Gasteiger partial charge in [-0.15, -0.1) is 0 Å². The van der Waals surface area contributed by atoms with Gasteiger partial charge in [0.15, 0.2) is 0 Å². The third kappa shape index (κ3) is 4.52. The van der Waals surface area contributed by atoms with Gasteiger partial charge in [0.25, 0.3) is 0 Å². The van der Waals surface area contributed by atoms with Gasteiger partial charge in [-0.3, -0.25) is 4.98 Å². The van der Waals surface area contributed by atoms with Gasteiger partial charge in [-0.1, -0.05) is 91.0 Å². The molecule has 1 aromatic heterocycles. The van der Waals surface area contributed by atoms with Crippen LogP contribution in [0.5, 0.6) is 0 Å². The summed E-state index contributed by atoms with van der Waals surface area (Å²) in [5.41, 5.74) is 8.00. The molecule has 0 bridgehead atoms. The maximum Gasteiger partial charge on any atom is 0.0894 e. The highest BCUT2D eigenvalue weighted by molar-refractivity contribution is 5.76. The first-order chi connectivity index (χ1) is 15.9. The fourth-order valence-electron chi connectivity index (χ4n) is 4.08. The van der Waals surface area contributed by atoms with Crippen molar-refractivity contribution in [2.75, 3.05) is 5.32 Å². The zero-order chi connectivity index (χ0) is 21.6. The van der Waals surface area contributed by atoms with Crippen molar-refractivity contribution in [3.05, 3.63) is 127 Å². The van der Waals surface area contributed by atoms with Gasteiger partial charge in [0.2, 0.25) is 0 Å². The summed E-state index contributed by atoms with van der Waals surface area (Å²) in [6.45, 7) is 0. The van der Waals surface area contributed by atoms with E-state index in [1.54, 1.807) is 0 Å². The number of aryl methyl sites for hydroxylation is 1. The quantitative estimate of drug-likeness (QED) is 0.335. The van der Waals surface area contributed by atoms with Crippen molar-refractivity contribution in [1.82, 2.24) is 9.97 Å². The van der Waals surface area contributed by atoms with E-state index in [1.807, 2.05) is 60.8 Å². The van der Waals surface area contributed by atoms with Gasteiger partial charge < -0.3 is 5.32 Å². The summed E-state index contributed by atoms with van der Waals surface area (Å²) in [4.78, 5) is 8.98. The molecule has 1 atom stereocenters. The third-order valence-electron chi connectivity index (χ3n) is 5.77. The van der Waals surface area contributed by atoms with Crippen LogP contribution in [0.4, 0.5) is 5.69 Å². The van der Waals surface area contributed by atoms with E-state index in [2.05, 4.69) is 69.9 Å². The minimum atomic E-state index is 0.469. The first kappa shape index (κ1) is 20.0. The summed E-state index contributed by atoms with van der Waals surface area (Å²) in [5, 5.41) is 3.61. The number of hydrogen-bond acceptors (Lipinski definition) is 3. The molecule has 3 nitrogen and oxygen atoms in total. The molecule has 5 aromatic rings. The highest BCUT2D eigenvalue weighted by atomic mass is 14.9. The van der Waals surface area contributed by atoms with Gasteiger partial charge in [-0.05, 0) is 42.2 Å². The molecule has 6 rings (SSSR count). The van der Waals surface area contributed by atoms with Crippen molar-refractivity contribution in [3.8, 4) is 11.3 Å². The second-order valence-corrected chi connectivity index (χ2v) is 7.91. The average molecular weight is 416 g/mol. The van der Waals surface area contributed by atoms with Crippen LogP contribution in [-0.4, -0.2) is 9.97 Å². The van der Waals surface area contributed by atoms with E-state index < -0.39 is 0 Å².